The predicted molar refractivity (Wildman–Crippen MR) is 134 cm³/mol. The Hall–Kier alpha value is -1.72. The van der Waals surface area contributed by atoms with Crippen molar-refractivity contribution in [2.75, 3.05) is 44.2 Å². The number of piperazine rings is 1. The molecule has 0 saturated carbocycles. The predicted octanol–water partition coefficient (Wildman–Crippen LogP) is 2.50. The van der Waals surface area contributed by atoms with Gasteiger partial charge in [0.25, 0.3) is 5.91 Å². The highest BCUT2D eigenvalue weighted by Gasteiger charge is 2.46. The van der Waals surface area contributed by atoms with Crippen molar-refractivity contribution in [3.63, 3.8) is 0 Å². The lowest BCUT2D eigenvalue weighted by Crippen LogP contribution is -2.57. The van der Waals surface area contributed by atoms with Crippen molar-refractivity contribution in [2.24, 2.45) is 0 Å². The van der Waals surface area contributed by atoms with Crippen molar-refractivity contribution >= 4 is 48.0 Å². The minimum Gasteiger partial charge on any atom is -0.394 e. The minimum absolute atomic E-state index is 0. The van der Waals surface area contributed by atoms with Gasteiger partial charge in [-0.15, -0.1) is 24.8 Å². The topological polar surface area (TPSA) is 85.3 Å². The van der Waals surface area contributed by atoms with Gasteiger partial charge in [0.05, 0.1) is 23.8 Å². The third-order valence-corrected chi connectivity index (χ3v) is 6.50. The molecule has 0 bridgehead atoms. The summed E-state index contributed by atoms with van der Waals surface area (Å²) in [7, 11) is 0. The summed E-state index contributed by atoms with van der Waals surface area (Å²) in [5.74, 6) is -1.34. The standard InChI is InChI=1S/C23H26ClF2N3O4.2ClH/c24-17-11-14(1-6-18(17)26)23(32)27-12-19-21(22(31)20(13-30)33-19)29-9-7-28(8-10-29)16-4-2-15(25)3-5-16;;/h1-6,11,19-22,30-31H,7-10,12-13H2,(H,27,32);2*1H/t19-,20+,21+,22-;;/m1../s1. The van der Waals surface area contributed by atoms with E-state index < -0.39 is 36.1 Å². The maximum absolute atomic E-state index is 13.4. The fraction of sp³-hybridized carbons (Fsp3) is 0.435. The summed E-state index contributed by atoms with van der Waals surface area (Å²) in [5, 5.41) is 23.0. The van der Waals surface area contributed by atoms with Crippen LogP contribution in [0.5, 0.6) is 0 Å². The summed E-state index contributed by atoms with van der Waals surface area (Å²) < 4.78 is 32.4. The molecule has 0 aromatic heterocycles. The number of aliphatic hydroxyl groups is 2. The molecule has 2 aromatic carbocycles. The molecule has 2 heterocycles. The van der Waals surface area contributed by atoms with Crippen LogP contribution in [0.3, 0.4) is 0 Å². The Balaban J connectivity index is 0.00000216. The highest BCUT2D eigenvalue weighted by atomic mass is 35.5. The summed E-state index contributed by atoms with van der Waals surface area (Å²) in [4.78, 5) is 16.7. The van der Waals surface area contributed by atoms with Gasteiger partial charge in [0, 0.05) is 44.0 Å². The highest BCUT2D eigenvalue weighted by molar-refractivity contribution is 6.31. The fourth-order valence-electron chi connectivity index (χ4n) is 4.46. The van der Waals surface area contributed by atoms with Crippen LogP contribution < -0.4 is 10.2 Å². The van der Waals surface area contributed by atoms with Crippen molar-refractivity contribution in [3.05, 3.63) is 64.7 Å². The van der Waals surface area contributed by atoms with E-state index in [4.69, 9.17) is 16.3 Å². The van der Waals surface area contributed by atoms with Crippen LogP contribution in [0.4, 0.5) is 14.5 Å². The Labute approximate surface area is 219 Å². The fourth-order valence-corrected chi connectivity index (χ4v) is 4.64. The zero-order valence-corrected chi connectivity index (χ0v) is 21.0. The van der Waals surface area contributed by atoms with Gasteiger partial charge >= 0.3 is 0 Å². The number of hydrogen-bond acceptors (Lipinski definition) is 6. The number of rotatable bonds is 6. The van der Waals surface area contributed by atoms with Crippen molar-refractivity contribution in [1.82, 2.24) is 10.2 Å². The molecule has 2 aliphatic rings. The molecule has 35 heavy (non-hydrogen) atoms. The molecule has 2 aliphatic heterocycles. The molecule has 0 radical (unpaired) electrons. The maximum atomic E-state index is 13.4. The average molecular weight is 555 g/mol. The van der Waals surface area contributed by atoms with E-state index in [0.29, 0.717) is 26.2 Å². The zero-order chi connectivity index (χ0) is 23.5. The first kappa shape index (κ1) is 29.5. The summed E-state index contributed by atoms with van der Waals surface area (Å²) >= 11 is 5.76. The van der Waals surface area contributed by atoms with Crippen LogP contribution >= 0.6 is 36.4 Å². The largest absolute Gasteiger partial charge is 0.394 e. The van der Waals surface area contributed by atoms with E-state index in [1.165, 1.54) is 24.3 Å². The normalized spacial score (nSPS) is 24.4. The second-order valence-corrected chi connectivity index (χ2v) is 8.62. The molecule has 0 aliphatic carbocycles. The van der Waals surface area contributed by atoms with Crippen LogP contribution in [-0.4, -0.2) is 84.7 Å². The zero-order valence-electron chi connectivity index (χ0n) is 18.6. The molecule has 1 amide bonds. The second kappa shape index (κ2) is 13.0. The maximum Gasteiger partial charge on any atom is 0.251 e. The van der Waals surface area contributed by atoms with E-state index in [-0.39, 0.29) is 54.4 Å². The highest BCUT2D eigenvalue weighted by Crippen LogP contribution is 2.28. The molecule has 3 N–H and O–H groups in total. The number of hydrogen-bond donors (Lipinski definition) is 3. The van der Waals surface area contributed by atoms with Gasteiger partial charge in [-0.3, -0.25) is 9.69 Å². The third-order valence-electron chi connectivity index (χ3n) is 6.21. The van der Waals surface area contributed by atoms with E-state index in [2.05, 4.69) is 15.1 Å². The minimum atomic E-state index is -0.922. The monoisotopic (exact) mass is 553 g/mol. The summed E-state index contributed by atoms with van der Waals surface area (Å²) in [6, 6.07) is 9.61. The molecule has 12 heteroatoms. The Morgan fingerprint density at radius 1 is 1.06 bits per heavy atom. The lowest BCUT2D eigenvalue weighted by atomic mass is 10.0. The second-order valence-electron chi connectivity index (χ2n) is 8.22. The van der Waals surface area contributed by atoms with Gasteiger partial charge in [-0.1, -0.05) is 11.6 Å². The van der Waals surface area contributed by atoms with Crippen LogP contribution in [0.25, 0.3) is 0 Å². The molecular formula is C23H28Cl3F2N3O4. The van der Waals surface area contributed by atoms with Crippen molar-refractivity contribution in [1.29, 1.82) is 0 Å². The average Bonchev–Trinajstić information content (AvgIpc) is 3.15. The SMILES string of the molecule is Cl.Cl.O=C(NC[C@H]1O[C@@H](CO)[C@@H](O)[C@H]1N1CCN(c2ccc(F)cc2)CC1)c1ccc(F)c(Cl)c1. The van der Waals surface area contributed by atoms with Gasteiger partial charge in [-0.05, 0) is 42.5 Å². The van der Waals surface area contributed by atoms with Gasteiger partial charge in [0.2, 0.25) is 0 Å². The number of anilines is 1. The first-order valence-electron chi connectivity index (χ1n) is 10.8. The summed E-state index contributed by atoms with van der Waals surface area (Å²) in [6.07, 6.45) is -2.23. The number of nitrogens with zero attached hydrogens (tertiary/aromatic N) is 2. The van der Waals surface area contributed by atoms with E-state index >= 15 is 0 Å². The summed E-state index contributed by atoms with van der Waals surface area (Å²) in [5.41, 5.74) is 1.14. The van der Waals surface area contributed by atoms with Gasteiger partial charge < -0.3 is 25.2 Å². The Bertz CT molecular complexity index is 981. The van der Waals surface area contributed by atoms with Crippen LogP contribution in [0.1, 0.15) is 10.4 Å². The molecular weight excluding hydrogens is 527 g/mol. The Kier molecular flexibility index (Phi) is 11.0. The lowest BCUT2D eigenvalue weighted by molar-refractivity contribution is -0.0209. The van der Waals surface area contributed by atoms with E-state index in [0.717, 1.165) is 11.8 Å². The van der Waals surface area contributed by atoms with E-state index in [1.54, 1.807) is 12.1 Å². The smallest absolute Gasteiger partial charge is 0.251 e. The number of benzene rings is 2. The number of halogens is 5. The van der Waals surface area contributed by atoms with Crippen molar-refractivity contribution < 1.29 is 28.5 Å². The van der Waals surface area contributed by atoms with E-state index in [9.17, 15) is 23.8 Å². The number of carbonyl (C=O) groups excluding carboxylic acids is 1. The number of amides is 1. The molecule has 2 saturated heterocycles. The number of carbonyl (C=O) groups is 1. The lowest BCUT2D eigenvalue weighted by Gasteiger charge is -2.41. The van der Waals surface area contributed by atoms with Crippen molar-refractivity contribution in [3.8, 4) is 0 Å². The number of nitrogens with one attached hydrogen (secondary N) is 1. The Morgan fingerprint density at radius 2 is 1.71 bits per heavy atom. The first-order valence-corrected chi connectivity index (χ1v) is 11.2. The first-order chi connectivity index (χ1) is 15.9. The third kappa shape index (κ3) is 6.74. The van der Waals surface area contributed by atoms with Crippen molar-refractivity contribution in [2.45, 2.75) is 24.4 Å². The summed E-state index contributed by atoms with van der Waals surface area (Å²) in [6.45, 7) is 2.35. The molecule has 7 nitrogen and oxygen atoms in total. The number of aliphatic hydroxyl groups excluding tert-OH is 2. The van der Waals surface area contributed by atoms with Gasteiger partial charge in [-0.2, -0.15) is 0 Å². The molecule has 4 atom stereocenters. The molecule has 194 valence electrons. The molecule has 2 fully saturated rings. The quantitative estimate of drug-likeness (QED) is 0.509. The van der Waals surface area contributed by atoms with Crippen LogP contribution in [0, 0.1) is 11.6 Å². The van der Waals surface area contributed by atoms with Crippen LogP contribution in [-0.2, 0) is 4.74 Å². The van der Waals surface area contributed by atoms with Crippen LogP contribution in [0.2, 0.25) is 5.02 Å². The van der Waals surface area contributed by atoms with Gasteiger partial charge in [0.1, 0.15) is 23.8 Å². The van der Waals surface area contributed by atoms with Gasteiger partial charge in [-0.25, -0.2) is 8.78 Å². The molecule has 2 aromatic rings. The number of ether oxygens (including phenoxy) is 1. The molecule has 4 rings (SSSR count). The molecule has 0 unspecified atom stereocenters. The molecule has 0 spiro atoms. The van der Waals surface area contributed by atoms with Gasteiger partial charge in [0.15, 0.2) is 0 Å². The van der Waals surface area contributed by atoms with E-state index in [1.807, 2.05) is 0 Å². The van der Waals surface area contributed by atoms with Crippen LogP contribution in [0.15, 0.2) is 42.5 Å². The Morgan fingerprint density at radius 3 is 2.31 bits per heavy atom.